The van der Waals surface area contributed by atoms with Crippen LogP contribution in [0.3, 0.4) is 0 Å². The molecule has 1 aromatic carbocycles. The number of alkyl halides is 1. The smallest absolute Gasteiger partial charge is 0.253 e. The molecule has 4 nitrogen and oxygen atoms in total. The zero-order chi connectivity index (χ0) is 13.5. The molecule has 0 N–H and O–H groups in total. The number of benzene rings is 1. The Bertz CT molecular complexity index is 398. The summed E-state index contributed by atoms with van der Waals surface area (Å²) in [5.74, 6) is 0.649. The van der Waals surface area contributed by atoms with Crippen LogP contribution in [-0.4, -0.2) is 50.1 Å². The third-order valence-corrected chi connectivity index (χ3v) is 3.04. The number of ether oxygens (including phenoxy) is 2. The van der Waals surface area contributed by atoms with Crippen LogP contribution < -0.4 is 4.74 Å². The second kappa shape index (κ2) is 7.38. The van der Waals surface area contributed by atoms with Crippen molar-refractivity contribution >= 4 is 21.8 Å². The molecule has 18 heavy (non-hydrogen) atoms. The van der Waals surface area contributed by atoms with Crippen molar-refractivity contribution in [3.05, 3.63) is 29.8 Å². The highest BCUT2D eigenvalue weighted by Gasteiger charge is 2.15. The molecule has 100 valence electrons. The normalized spacial score (nSPS) is 12.0. The molecule has 1 rings (SSSR count). The monoisotopic (exact) mass is 315 g/mol. The van der Waals surface area contributed by atoms with Crippen molar-refractivity contribution in [2.45, 2.75) is 4.83 Å². The van der Waals surface area contributed by atoms with Crippen molar-refractivity contribution in [3.8, 4) is 5.75 Å². The second-order valence-corrected chi connectivity index (χ2v) is 5.27. The van der Waals surface area contributed by atoms with Gasteiger partial charge in [0.05, 0.1) is 18.5 Å². The molecule has 0 aliphatic heterocycles. The van der Waals surface area contributed by atoms with Crippen LogP contribution in [-0.2, 0) is 4.74 Å². The molecule has 1 amide bonds. The molecule has 0 aromatic heterocycles. The Kier molecular flexibility index (Phi) is 6.15. The summed E-state index contributed by atoms with van der Waals surface area (Å²) in [4.78, 5) is 13.9. The van der Waals surface area contributed by atoms with Gasteiger partial charge in [0.25, 0.3) is 5.91 Å². The number of hydrogen-bond acceptors (Lipinski definition) is 3. The van der Waals surface area contributed by atoms with Gasteiger partial charge < -0.3 is 14.4 Å². The number of hydrogen-bond donors (Lipinski definition) is 0. The van der Waals surface area contributed by atoms with E-state index in [-0.39, 0.29) is 10.7 Å². The van der Waals surface area contributed by atoms with Gasteiger partial charge in [-0.05, 0) is 18.2 Å². The molecule has 0 heterocycles. The molecular formula is C13H18BrNO3. The van der Waals surface area contributed by atoms with Gasteiger partial charge in [0.2, 0.25) is 0 Å². The first kappa shape index (κ1) is 15.0. The Labute approximate surface area is 116 Å². The first-order valence-corrected chi connectivity index (χ1v) is 6.52. The Morgan fingerprint density at radius 2 is 2.17 bits per heavy atom. The van der Waals surface area contributed by atoms with Crippen molar-refractivity contribution in [2.24, 2.45) is 0 Å². The Hall–Kier alpha value is -1.07. The molecule has 0 spiro atoms. The molecular weight excluding hydrogens is 298 g/mol. The first-order valence-electron chi connectivity index (χ1n) is 5.61. The standard InChI is InChI=1S/C13H18BrNO3/c1-15(8-11(14)9-17-2)13(16)10-5-4-6-12(7-10)18-3/h4-7,11H,8-9H2,1-3H3. The molecule has 1 atom stereocenters. The van der Waals surface area contributed by atoms with Crippen LogP contribution in [0.25, 0.3) is 0 Å². The van der Waals surface area contributed by atoms with Crippen molar-refractivity contribution in [1.29, 1.82) is 0 Å². The Morgan fingerprint density at radius 1 is 1.44 bits per heavy atom. The zero-order valence-corrected chi connectivity index (χ0v) is 12.4. The number of amides is 1. The quantitative estimate of drug-likeness (QED) is 0.755. The van der Waals surface area contributed by atoms with Gasteiger partial charge in [0.1, 0.15) is 5.75 Å². The lowest BCUT2D eigenvalue weighted by Crippen LogP contribution is -2.33. The zero-order valence-electron chi connectivity index (χ0n) is 10.9. The van der Waals surface area contributed by atoms with E-state index in [0.29, 0.717) is 24.5 Å². The predicted molar refractivity (Wildman–Crippen MR) is 74.5 cm³/mol. The van der Waals surface area contributed by atoms with Gasteiger partial charge >= 0.3 is 0 Å². The molecule has 5 heteroatoms. The lowest BCUT2D eigenvalue weighted by Gasteiger charge is -2.20. The van der Waals surface area contributed by atoms with E-state index < -0.39 is 0 Å². The van der Waals surface area contributed by atoms with E-state index >= 15 is 0 Å². The number of rotatable bonds is 6. The fraction of sp³-hybridized carbons (Fsp3) is 0.462. The lowest BCUT2D eigenvalue weighted by atomic mass is 10.2. The average Bonchev–Trinajstić information content (AvgIpc) is 2.38. The highest BCUT2D eigenvalue weighted by atomic mass is 79.9. The maximum absolute atomic E-state index is 12.2. The predicted octanol–water partition coefficient (Wildman–Crippen LogP) is 2.18. The van der Waals surface area contributed by atoms with Crippen LogP contribution in [0.15, 0.2) is 24.3 Å². The van der Waals surface area contributed by atoms with E-state index in [1.165, 1.54) is 0 Å². The summed E-state index contributed by atoms with van der Waals surface area (Å²) < 4.78 is 10.1. The van der Waals surface area contributed by atoms with Gasteiger partial charge in [0.15, 0.2) is 0 Å². The summed E-state index contributed by atoms with van der Waals surface area (Å²) in [6.45, 7) is 1.15. The van der Waals surface area contributed by atoms with Crippen molar-refractivity contribution in [1.82, 2.24) is 4.90 Å². The van der Waals surface area contributed by atoms with E-state index in [2.05, 4.69) is 15.9 Å². The number of carbonyl (C=O) groups excluding carboxylic acids is 1. The van der Waals surface area contributed by atoms with Crippen LogP contribution >= 0.6 is 15.9 Å². The van der Waals surface area contributed by atoms with Gasteiger partial charge in [0, 0.05) is 26.3 Å². The summed E-state index contributed by atoms with van der Waals surface area (Å²) in [6.07, 6.45) is 0. The summed E-state index contributed by atoms with van der Waals surface area (Å²) in [6, 6.07) is 7.13. The molecule has 0 saturated heterocycles. The van der Waals surface area contributed by atoms with Gasteiger partial charge in [-0.3, -0.25) is 4.79 Å². The minimum Gasteiger partial charge on any atom is -0.497 e. The first-order chi connectivity index (χ1) is 8.58. The summed E-state index contributed by atoms with van der Waals surface area (Å²) in [5.41, 5.74) is 0.619. The van der Waals surface area contributed by atoms with E-state index in [1.807, 2.05) is 6.07 Å². The fourth-order valence-electron chi connectivity index (χ4n) is 1.59. The van der Waals surface area contributed by atoms with E-state index in [0.717, 1.165) is 0 Å². The molecule has 0 radical (unpaired) electrons. The van der Waals surface area contributed by atoms with Crippen LogP contribution in [0.4, 0.5) is 0 Å². The number of carbonyl (C=O) groups is 1. The molecule has 0 aliphatic carbocycles. The molecule has 0 bridgehead atoms. The van der Waals surface area contributed by atoms with Crippen molar-refractivity contribution in [3.63, 3.8) is 0 Å². The minimum absolute atomic E-state index is 0.0329. The van der Waals surface area contributed by atoms with Crippen LogP contribution in [0.1, 0.15) is 10.4 Å². The lowest BCUT2D eigenvalue weighted by molar-refractivity contribution is 0.0784. The minimum atomic E-state index is -0.0329. The third kappa shape index (κ3) is 4.31. The highest BCUT2D eigenvalue weighted by Crippen LogP contribution is 2.14. The van der Waals surface area contributed by atoms with Crippen molar-refractivity contribution < 1.29 is 14.3 Å². The number of methoxy groups -OCH3 is 2. The number of halogens is 1. The third-order valence-electron chi connectivity index (χ3n) is 2.48. The fourth-order valence-corrected chi connectivity index (χ4v) is 2.29. The molecule has 0 fully saturated rings. The van der Waals surface area contributed by atoms with Gasteiger partial charge in [-0.25, -0.2) is 0 Å². The van der Waals surface area contributed by atoms with E-state index in [9.17, 15) is 4.79 Å². The second-order valence-electron chi connectivity index (χ2n) is 3.97. The van der Waals surface area contributed by atoms with E-state index in [1.54, 1.807) is 44.4 Å². The maximum Gasteiger partial charge on any atom is 0.253 e. The molecule has 0 saturated carbocycles. The summed E-state index contributed by atoms with van der Waals surface area (Å²) in [5, 5.41) is 0. The molecule has 1 unspecified atom stereocenters. The van der Waals surface area contributed by atoms with Gasteiger partial charge in [-0.2, -0.15) is 0 Å². The van der Waals surface area contributed by atoms with Crippen LogP contribution in [0.5, 0.6) is 5.75 Å². The van der Waals surface area contributed by atoms with Gasteiger partial charge in [-0.15, -0.1) is 0 Å². The molecule has 0 aliphatic rings. The van der Waals surface area contributed by atoms with E-state index in [4.69, 9.17) is 9.47 Å². The topological polar surface area (TPSA) is 38.8 Å². The van der Waals surface area contributed by atoms with Crippen molar-refractivity contribution in [2.75, 3.05) is 34.4 Å². The Morgan fingerprint density at radius 3 is 2.78 bits per heavy atom. The highest BCUT2D eigenvalue weighted by molar-refractivity contribution is 9.09. The average molecular weight is 316 g/mol. The SMILES string of the molecule is COCC(Br)CN(C)C(=O)c1cccc(OC)c1. The maximum atomic E-state index is 12.2. The summed E-state index contributed by atoms with van der Waals surface area (Å²) in [7, 11) is 4.99. The van der Waals surface area contributed by atoms with Gasteiger partial charge in [-0.1, -0.05) is 22.0 Å². The Balaban J connectivity index is 2.67. The molecule has 1 aromatic rings. The summed E-state index contributed by atoms with van der Waals surface area (Å²) >= 11 is 3.46. The largest absolute Gasteiger partial charge is 0.497 e. The van der Waals surface area contributed by atoms with Crippen LogP contribution in [0.2, 0.25) is 0 Å². The van der Waals surface area contributed by atoms with Crippen LogP contribution in [0, 0.1) is 0 Å². The number of nitrogens with zero attached hydrogens (tertiary/aromatic N) is 1.